The van der Waals surface area contributed by atoms with Crippen molar-refractivity contribution in [3.05, 3.63) is 0 Å². The van der Waals surface area contributed by atoms with E-state index in [0.717, 1.165) is 7.53 Å². The van der Waals surface area contributed by atoms with Gasteiger partial charge in [0.1, 0.15) is 0 Å². The van der Waals surface area contributed by atoms with Crippen LogP contribution in [-0.2, 0) is 0 Å². The van der Waals surface area contributed by atoms with E-state index in [-0.39, 0.29) is 20.3 Å². The Kier molecular flexibility index (Phi) is 2.67. The van der Waals surface area contributed by atoms with Gasteiger partial charge in [-0.25, -0.2) is 0 Å². The normalized spacial score (nSPS) is 8.00. The van der Waals surface area contributed by atoms with Gasteiger partial charge in [0.15, 0.2) is 0 Å². The first-order valence-electron chi connectivity index (χ1n) is 0.658. The molecule has 0 aromatic carbocycles. The standard InChI is InChI=1S/Li.H2NPS.H/c;1-2-3-1;/h;1-2H;/q+1;;-1. The van der Waals surface area contributed by atoms with Crippen molar-refractivity contribution in [2.45, 2.75) is 0 Å². The fraction of sp³-hybridized carbons (Fsp3) is 0. The minimum Gasteiger partial charge on any atom is -1.00 e. The van der Waals surface area contributed by atoms with Crippen molar-refractivity contribution in [2.75, 3.05) is 0 Å². The zero-order valence-corrected chi connectivity index (χ0v) is 4.22. The maximum absolute atomic E-state index is 2.94. The van der Waals surface area contributed by atoms with E-state index in [2.05, 4.69) is 4.14 Å². The SMILES string of the molecule is [H-].[Li+].[nH]1[pH]s1. The zero-order chi connectivity index (χ0) is 2.12. The molecule has 0 amide bonds. The van der Waals surface area contributed by atoms with E-state index in [1.54, 1.807) is 11.1 Å². The van der Waals surface area contributed by atoms with Crippen LogP contribution < -0.4 is 18.9 Å². The van der Waals surface area contributed by atoms with Gasteiger partial charge in [0.25, 0.3) is 0 Å². The second-order valence-electron chi connectivity index (χ2n) is 0.306. The molecule has 0 spiro atoms. The summed E-state index contributed by atoms with van der Waals surface area (Å²) in [6.07, 6.45) is 0. The Morgan fingerprint density at radius 3 is 2.25 bits per heavy atom. The van der Waals surface area contributed by atoms with Gasteiger partial charge in [0.05, 0.1) is 0 Å². The first-order valence-corrected chi connectivity index (χ1v) is 3.20. The Labute approximate surface area is 43.5 Å². The van der Waals surface area contributed by atoms with Crippen LogP contribution in [0.3, 0.4) is 0 Å². The van der Waals surface area contributed by atoms with Gasteiger partial charge in [-0.3, -0.25) is 4.14 Å². The molecule has 0 saturated carbocycles. The molecule has 1 rings (SSSR count). The van der Waals surface area contributed by atoms with Crippen LogP contribution in [0.4, 0.5) is 0 Å². The fourth-order valence-electron chi connectivity index (χ4n) is 0. The minimum atomic E-state index is 0. The molecule has 0 fully saturated rings. The van der Waals surface area contributed by atoms with Crippen LogP contribution in [0, 0.1) is 0 Å². The van der Waals surface area contributed by atoms with Gasteiger partial charge in [0, 0.05) is 7.53 Å². The molecular formula is H3LiNPS. The molecule has 1 nitrogen and oxygen atoms in total. The van der Waals surface area contributed by atoms with Crippen LogP contribution in [0.15, 0.2) is 0 Å². The van der Waals surface area contributed by atoms with Crippen LogP contribution in [0.1, 0.15) is 1.43 Å². The van der Waals surface area contributed by atoms with E-state index in [1.165, 1.54) is 0 Å². The number of hydrogen-bond acceptors (Lipinski definition) is 1. The van der Waals surface area contributed by atoms with E-state index in [9.17, 15) is 0 Å². The smallest absolute Gasteiger partial charge is 1.00 e. The largest absolute Gasteiger partial charge is 1.00 e. The molecule has 0 saturated heterocycles. The summed E-state index contributed by atoms with van der Waals surface area (Å²) < 4.78 is 2.94. The van der Waals surface area contributed by atoms with Crippen molar-refractivity contribution in [2.24, 2.45) is 0 Å². The Hall–Kier alpha value is 0.917. The molecular weight excluding hydrogens is 84.0 g/mol. The molecule has 1 atom stereocenters. The number of nitrogens with one attached hydrogen (secondary N) is 1. The van der Waals surface area contributed by atoms with E-state index in [1.807, 2.05) is 0 Å². The Balaban J connectivity index is 0. The third kappa shape index (κ3) is 2.92. The van der Waals surface area contributed by atoms with E-state index in [4.69, 9.17) is 0 Å². The maximum atomic E-state index is 2.94. The molecule has 0 radical (unpaired) electrons. The third-order valence-corrected chi connectivity index (χ3v) is 0.919. The molecule has 20 valence electrons. The van der Waals surface area contributed by atoms with Gasteiger partial charge >= 0.3 is 18.9 Å². The van der Waals surface area contributed by atoms with Crippen molar-refractivity contribution >= 4 is 18.7 Å². The molecule has 1 N–H and O–H groups in total. The van der Waals surface area contributed by atoms with Crippen LogP contribution in [0.2, 0.25) is 0 Å². The molecule has 1 heterocycles. The molecule has 0 bridgehead atoms. The summed E-state index contributed by atoms with van der Waals surface area (Å²) in [6.45, 7) is 0. The predicted octanol–water partition coefficient (Wildman–Crippen LogP) is -1.78. The van der Waals surface area contributed by atoms with Crippen LogP contribution in [0.25, 0.3) is 0 Å². The zero-order valence-electron chi connectivity index (χ0n) is 3.41. The summed E-state index contributed by atoms with van der Waals surface area (Å²) in [5, 5.41) is 0. The molecule has 4 heavy (non-hydrogen) atoms. The predicted molar refractivity (Wildman–Crippen MR) is 19.3 cm³/mol. The number of aromatic nitrogens is 1. The van der Waals surface area contributed by atoms with Crippen molar-refractivity contribution in [1.29, 1.82) is 0 Å². The molecule has 1 unspecified atom stereocenters. The summed E-state index contributed by atoms with van der Waals surface area (Å²) in [5.41, 5.74) is 0. The second-order valence-corrected chi connectivity index (χ2v) is 2.76. The van der Waals surface area contributed by atoms with Gasteiger partial charge < -0.3 is 1.43 Å². The summed E-state index contributed by atoms with van der Waals surface area (Å²) in [5.74, 6) is 0. The average Bonchev–Trinajstić information content (AvgIpc) is 1.46. The fourth-order valence-corrected chi connectivity index (χ4v) is 0. The topological polar surface area (TPSA) is 15.8 Å². The third-order valence-electron chi connectivity index (χ3n) is 0.102. The first-order chi connectivity index (χ1) is 1.50. The monoisotopic (exact) mass is 87.0 g/mol. The van der Waals surface area contributed by atoms with Crippen molar-refractivity contribution in [1.82, 2.24) is 4.14 Å². The molecule has 4 heteroatoms. The van der Waals surface area contributed by atoms with Crippen molar-refractivity contribution in [3.63, 3.8) is 0 Å². The van der Waals surface area contributed by atoms with Gasteiger partial charge in [-0.15, -0.1) is 0 Å². The molecule has 0 aliphatic heterocycles. The molecule has 0 aliphatic carbocycles. The summed E-state index contributed by atoms with van der Waals surface area (Å²) in [7, 11) is 1.00. The van der Waals surface area contributed by atoms with Crippen LogP contribution in [-0.4, -0.2) is 4.14 Å². The Morgan fingerprint density at radius 2 is 2.25 bits per heavy atom. The summed E-state index contributed by atoms with van der Waals surface area (Å²) >= 11 is 1.78. The van der Waals surface area contributed by atoms with Crippen molar-refractivity contribution in [3.8, 4) is 0 Å². The molecule has 1 aromatic rings. The first kappa shape index (κ1) is 4.92. The summed E-state index contributed by atoms with van der Waals surface area (Å²) in [4.78, 5) is 0. The van der Waals surface area contributed by atoms with Crippen LogP contribution >= 0.6 is 18.7 Å². The van der Waals surface area contributed by atoms with Gasteiger partial charge in [-0.2, -0.15) is 0 Å². The van der Waals surface area contributed by atoms with E-state index >= 15 is 0 Å². The average molecular weight is 87.0 g/mol. The van der Waals surface area contributed by atoms with Crippen molar-refractivity contribution < 1.29 is 20.3 Å². The van der Waals surface area contributed by atoms with E-state index in [0.29, 0.717) is 0 Å². The quantitative estimate of drug-likeness (QED) is 0.360. The molecule has 1 aromatic heterocycles. The number of hydrogen-bond donors (Lipinski definition) is 1. The second kappa shape index (κ2) is 2.17. The molecule has 0 aliphatic rings. The number of aromatic amines is 1. The van der Waals surface area contributed by atoms with E-state index < -0.39 is 0 Å². The van der Waals surface area contributed by atoms with Gasteiger partial charge in [0.2, 0.25) is 0 Å². The van der Waals surface area contributed by atoms with Gasteiger partial charge in [-0.1, -0.05) is 0 Å². The Bertz CT molecular complexity index is 39.7. The number of rotatable bonds is 0. The number of H-pyrrole nitrogens is 1. The van der Waals surface area contributed by atoms with Gasteiger partial charge in [-0.05, 0) is 11.1 Å². The van der Waals surface area contributed by atoms with Crippen LogP contribution in [0.5, 0.6) is 0 Å². The summed E-state index contributed by atoms with van der Waals surface area (Å²) in [6, 6.07) is 0. The minimum absolute atomic E-state index is 0. The maximum Gasteiger partial charge on any atom is 1.00 e. The Morgan fingerprint density at radius 1 is 2.00 bits per heavy atom.